The van der Waals surface area contributed by atoms with E-state index in [9.17, 15) is 4.79 Å². The van der Waals surface area contributed by atoms with Crippen molar-refractivity contribution in [3.63, 3.8) is 0 Å². The first-order valence-corrected chi connectivity index (χ1v) is 5.50. The van der Waals surface area contributed by atoms with Gasteiger partial charge in [-0.3, -0.25) is 4.79 Å². The second-order valence-corrected chi connectivity index (χ2v) is 4.35. The Labute approximate surface area is 103 Å². The van der Waals surface area contributed by atoms with Crippen LogP contribution in [0.25, 0.3) is 0 Å². The SMILES string of the molecule is O=C(O)CCCN1NC12CCCCC2.[LiH]. The number of carbonyl (C=O) groups is 1. The van der Waals surface area contributed by atoms with Gasteiger partial charge >= 0.3 is 24.8 Å². The third kappa shape index (κ3) is 3.22. The Balaban J connectivity index is 0.00000112. The first kappa shape index (κ1) is 13.1. The second kappa shape index (κ2) is 5.36. The summed E-state index contributed by atoms with van der Waals surface area (Å²) < 4.78 is 0. The average molecular weight is 206 g/mol. The predicted octanol–water partition coefficient (Wildman–Crippen LogP) is 0.683. The Morgan fingerprint density at radius 1 is 1.33 bits per heavy atom. The zero-order chi connectivity index (χ0) is 10.0. The van der Waals surface area contributed by atoms with Crippen LogP contribution in [0, 0.1) is 0 Å². The molecule has 2 N–H and O–H groups in total. The fourth-order valence-corrected chi connectivity index (χ4v) is 2.40. The third-order valence-electron chi connectivity index (χ3n) is 3.26. The molecule has 2 fully saturated rings. The fourth-order valence-electron chi connectivity index (χ4n) is 2.40. The summed E-state index contributed by atoms with van der Waals surface area (Å²) >= 11 is 0. The molecule has 1 unspecified atom stereocenters. The molecule has 1 spiro atoms. The topological polar surface area (TPSA) is 62.2 Å². The van der Waals surface area contributed by atoms with E-state index in [0.717, 1.165) is 13.0 Å². The standard InChI is InChI=1S/C10H18N2O2.Li.H/c13-9(14)5-4-8-12-10(11-12)6-2-1-3-7-10;;/h11H,1-8H2,(H,13,14);;. The Bertz CT molecular complexity index is 229. The molecule has 0 radical (unpaired) electrons. The molecule has 0 bridgehead atoms. The van der Waals surface area contributed by atoms with E-state index in [1.54, 1.807) is 0 Å². The minimum atomic E-state index is -0.690. The Morgan fingerprint density at radius 2 is 2.00 bits per heavy atom. The van der Waals surface area contributed by atoms with Crippen LogP contribution in [-0.2, 0) is 4.79 Å². The van der Waals surface area contributed by atoms with E-state index in [1.165, 1.54) is 32.1 Å². The summed E-state index contributed by atoms with van der Waals surface area (Å²) in [5.41, 5.74) is 3.67. The van der Waals surface area contributed by atoms with Gasteiger partial charge in [0.25, 0.3) is 0 Å². The van der Waals surface area contributed by atoms with Crippen LogP contribution < -0.4 is 5.43 Å². The van der Waals surface area contributed by atoms with Crippen molar-refractivity contribution in [2.24, 2.45) is 0 Å². The summed E-state index contributed by atoms with van der Waals surface area (Å²) in [5.74, 6) is -0.690. The quantitative estimate of drug-likeness (QED) is 0.524. The number of nitrogens with one attached hydrogen (secondary N) is 1. The molecule has 2 rings (SSSR count). The van der Waals surface area contributed by atoms with Crippen LogP contribution in [0.1, 0.15) is 44.9 Å². The van der Waals surface area contributed by atoms with E-state index in [0.29, 0.717) is 0 Å². The van der Waals surface area contributed by atoms with Crippen molar-refractivity contribution >= 4 is 24.8 Å². The van der Waals surface area contributed by atoms with Gasteiger partial charge in [-0.05, 0) is 19.3 Å². The fraction of sp³-hybridized carbons (Fsp3) is 0.900. The molecule has 15 heavy (non-hydrogen) atoms. The number of carboxylic acids is 1. The van der Waals surface area contributed by atoms with Crippen LogP contribution in [0.2, 0.25) is 0 Å². The van der Waals surface area contributed by atoms with E-state index < -0.39 is 5.97 Å². The van der Waals surface area contributed by atoms with Crippen LogP contribution in [0.3, 0.4) is 0 Å². The van der Waals surface area contributed by atoms with Crippen LogP contribution in [0.5, 0.6) is 0 Å². The molecule has 1 atom stereocenters. The van der Waals surface area contributed by atoms with Crippen molar-refractivity contribution in [3.05, 3.63) is 0 Å². The van der Waals surface area contributed by atoms with Crippen molar-refractivity contribution in [2.45, 2.75) is 50.6 Å². The molecule has 0 aromatic rings. The van der Waals surface area contributed by atoms with Crippen LogP contribution in [-0.4, -0.2) is 47.2 Å². The summed E-state index contributed by atoms with van der Waals surface area (Å²) in [5, 5.41) is 10.7. The van der Waals surface area contributed by atoms with Crippen molar-refractivity contribution in [1.82, 2.24) is 10.4 Å². The first-order valence-electron chi connectivity index (χ1n) is 5.50. The number of aliphatic carboxylic acids is 1. The van der Waals surface area contributed by atoms with E-state index in [1.807, 2.05) is 0 Å². The Hall–Kier alpha value is -0.0126. The van der Waals surface area contributed by atoms with Crippen LogP contribution in [0.4, 0.5) is 0 Å². The number of nitrogens with zero attached hydrogens (tertiary/aromatic N) is 1. The van der Waals surface area contributed by atoms with Crippen molar-refractivity contribution in [1.29, 1.82) is 0 Å². The van der Waals surface area contributed by atoms with Gasteiger partial charge in [-0.15, -0.1) is 0 Å². The molecule has 5 heteroatoms. The van der Waals surface area contributed by atoms with Gasteiger partial charge in [-0.2, -0.15) is 0 Å². The third-order valence-corrected chi connectivity index (χ3v) is 3.26. The summed E-state index contributed by atoms with van der Waals surface area (Å²) in [6, 6.07) is 0. The molecule has 1 heterocycles. The maximum atomic E-state index is 10.3. The number of hydrogen-bond acceptors (Lipinski definition) is 3. The molecule has 1 aliphatic carbocycles. The number of hydrogen-bond donors (Lipinski definition) is 2. The number of rotatable bonds is 4. The molecule has 1 saturated carbocycles. The van der Waals surface area contributed by atoms with E-state index in [4.69, 9.17) is 5.11 Å². The van der Waals surface area contributed by atoms with Gasteiger partial charge in [0.15, 0.2) is 0 Å². The van der Waals surface area contributed by atoms with Crippen molar-refractivity contribution in [2.75, 3.05) is 6.54 Å². The Morgan fingerprint density at radius 3 is 2.60 bits per heavy atom. The zero-order valence-electron chi connectivity index (χ0n) is 8.46. The van der Waals surface area contributed by atoms with Gasteiger partial charge in [0, 0.05) is 13.0 Å². The van der Waals surface area contributed by atoms with Gasteiger partial charge in [0.2, 0.25) is 0 Å². The normalized spacial score (nSPS) is 27.1. The molecule has 4 nitrogen and oxygen atoms in total. The van der Waals surface area contributed by atoms with Gasteiger partial charge in [-0.1, -0.05) is 19.3 Å². The van der Waals surface area contributed by atoms with E-state index in [-0.39, 0.29) is 30.9 Å². The number of carboxylic acid groups (broad SMARTS) is 1. The van der Waals surface area contributed by atoms with Gasteiger partial charge in [-0.25, -0.2) is 10.4 Å². The maximum absolute atomic E-state index is 10.3. The van der Waals surface area contributed by atoms with Crippen molar-refractivity contribution in [3.8, 4) is 0 Å². The van der Waals surface area contributed by atoms with Gasteiger partial charge in [0.1, 0.15) is 0 Å². The second-order valence-electron chi connectivity index (χ2n) is 4.35. The summed E-state index contributed by atoms with van der Waals surface area (Å²) in [4.78, 5) is 10.3. The molecular weight excluding hydrogens is 187 g/mol. The molecule has 1 aliphatic heterocycles. The molecule has 82 valence electrons. The van der Waals surface area contributed by atoms with Crippen LogP contribution >= 0.6 is 0 Å². The summed E-state index contributed by atoms with van der Waals surface area (Å²) in [7, 11) is 0. The van der Waals surface area contributed by atoms with E-state index >= 15 is 0 Å². The molecule has 1 saturated heterocycles. The molecule has 2 aliphatic rings. The van der Waals surface area contributed by atoms with Gasteiger partial charge in [0.05, 0.1) is 5.66 Å². The average Bonchev–Trinajstić information content (AvgIpc) is 2.79. The predicted molar refractivity (Wildman–Crippen MR) is 59.7 cm³/mol. The van der Waals surface area contributed by atoms with E-state index in [2.05, 4.69) is 10.4 Å². The minimum absolute atomic E-state index is 0. The monoisotopic (exact) mass is 206 g/mol. The molecule has 0 amide bonds. The Kier molecular flexibility index (Phi) is 4.66. The summed E-state index contributed by atoms with van der Waals surface area (Å²) in [6.45, 7) is 0.881. The number of hydrazine groups is 1. The van der Waals surface area contributed by atoms with Gasteiger partial charge < -0.3 is 5.11 Å². The van der Waals surface area contributed by atoms with Crippen LogP contribution in [0.15, 0.2) is 0 Å². The first-order chi connectivity index (χ1) is 6.73. The summed E-state index contributed by atoms with van der Waals surface area (Å²) in [6.07, 6.45) is 7.48. The molecule has 0 aromatic heterocycles. The molecule has 0 aromatic carbocycles. The van der Waals surface area contributed by atoms with Crippen molar-refractivity contribution < 1.29 is 9.90 Å². The zero-order valence-corrected chi connectivity index (χ0v) is 8.46. The molecular formula is C10H19LiN2O2.